The summed E-state index contributed by atoms with van der Waals surface area (Å²) in [6, 6.07) is 6.37. The number of H-pyrrole nitrogens is 2. The number of hydrogen-bond acceptors (Lipinski definition) is 2. The van der Waals surface area contributed by atoms with E-state index < -0.39 is 11.7 Å². The molecule has 102 valence electrons. The molecule has 20 heavy (non-hydrogen) atoms. The van der Waals surface area contributed by atoms with Gasteiger partial charge < -0.3 is 9.97 Å². The zero-order valence-electron chi connectivity index (χ0n) is 9.95. The summed E-state index contributed by atoms with van der Waals surface area (Å²) in [5.74, 6) is 0.237. The van der Waals surface area contributed by atoms with Crippen LogP contribution in [0.25, 0.3) is 22.4 Å². The van der Waals surface area contributed by atoms with Crippen LogP contribution in [0, 0.1) is 0 Å². The van der Waals surface area contributed by atoms with Crippen LogP contribution < -0.4 is 5.56 Å². The molecule has 0 radical (unpaired) electrons. The number of aromatic amines is 2. The lowest BCUT2D eigenvalue weighted by molar-refractivity contribution is -0.137. The van der Waals surface area contributed by atoms with Gasteiger partial charge >= 0.3 is 6.18 Å². The summed E-state index contributed by atoms with van der Waals surface area (Å²) in [7, 11) is 0. The third-order valence-corrected chi connectivity index (χ3v) is 2.88. The van der Waals surface area contributed by atoms with Gasteiger partial charge in [0.2, 0.25) is 0 Å². The van der Waals surface area contributed by atoms with Crippen molar-refractivity contribution < 1.29 is 13.2 Å². The van der Waals surface area contributed by atoms with Crippen molar-refractivity contribution in [3.63, 3.8) is 0 Å². The molecule has 3 aromatic rings. The summed E-state index contributed by atoms with van der Waals surface area (Å²) in [5.41, 5.74) is -0.239. The number of hydrogen-bond donors (Lipinski definition) is 2. The highest BCUT2D eigenvalue weighted by Gasteiger charge is 2.30. The predicted octanol–water partition coefficient (Wildman–Crippen LogP) is 2.94. The Labute approximate surface area is 110 Å². The van der Waals surface area contributed by atoms with Crippen LogP contribution >= 0.6 is 0 Å². The number of nitrogens with one attached hydrogen (secondary N) is 2. The average molecular weight is 279 g/mol. The number of aromatic nitrogens is 3. The number of nitrogens with zero attached hydrogens (tertiary/aromatic N) is 1. The Morgan fingerprint density at radius 1 is 1.15 bits per heavy atom. The monoisotopic (exact) mass is 279 g/mol. The Kier molecular flexibility index (Phi) is 2.63. The SMILES string of the molecule is O=c1[nH]cccc1-c1nc2ccc(C(F)(F)F)cc2[nH]1. The van der Waals surface area contributed by atoms with Gasteiger partial charge in [0.05, 0.1) is 22.2 Å². The van der Waals surface area contributed by atoms with Gasteiger partial charge in [-0.05, 0) is 30.3 Å². The van der Waals surface area contributed by atoms with E-state index in [9.17, 15) is 18.0 Å². The van der Waals surface area contributed by atoms with Gasteiger partial charge in [-0.1, -0.05) is 0 Å². The van der Waals surface area contributed by atoms with Crippen molar-refractivity contribution in [1.29, 1.82) is 0 Å². The summed E-state index contributed by atoms with van der Waals surface area (Å²) >= 11 is 0. The van der Waals surface area contributed by atoms with E-state index in [1.165, 1.54) is 12.3 Å². The fraction of sp³-hybridized carbons (Fsp3) is 0.0769. The normalized spacial score (nSPS) is 11.9. The second kappa shape index (κ2) is 4.22. The minimum Gasteiger partial charge on any atom is -0.338 e. The molecule has 2 N–H and O–H groups in total. The molecule has 0 bridgehead atoms. The Hall–Kier alpha value is -2.57. The summed E-state index contributed by atoms with van der Waals surface area (Å²) in [6.07, 6.45) is -2.94. The number of halogens is 3. The summed E-state index contributed by atoms with van der Waals surface area (Å²) in [4.78, 5) is 21.0. The Balaban J connectivity index is 2.17. The number of rotatable bonds is 1. The molecule has 2 heterocycles. The van der Waals surface area contributed by atoms with E-state index in [2.05, 4.69) is 15.0 Å². The van der Waals surface area contributed by atoms with E-state index in [1.807, 2.05) is 0 Å². The van der Waals surface area contributed by atoms with Gasteiger partial charge in [-0.3, -0.25) is 4.79 Å². The van der Waals surface area contributed by atoms with Crippen LogP contribution in [-0.2, 0) is 6.18 Å². The highest BCUT2D eigenvalue weighted by Crippen LogP contribution is 2.31. The maximum atomic E-state index is 12.6. The highest BCUT2D eigenvalue weighted by molar-refractivity contribution is 5.80. The molecule has 7 heteroatoms. The maximum absolute atomic E-state index is 12.6. The van der Waals surface area contributed by atoms with Crippen LogP contribution in [0.4, 0.5) is 13.2 Å². The number of benzene rings is 1. The first-order valence-corrected chi connectivity index (χ1v) is 5.70. The van der Waals surface area contributed by atoms with Crippen molar-refractivity contribution >= 4 is 11.0 Å². The third kappa shape index (κ3) is 2.07. The highest BCUT2D eigenvalue weighted by atomic mass is 19.4. The molecule has 0 spiro atoms. The van der Waals surface area contributed by atoms with Crippen molar-refractivity contribution in [2.75, 3.05) is 0 Å². The number of alkyl halides is 3. The quantitative estimate of drug-likeness (QED) is 0.719. The maximum Gasteiger partial charge on any atom is 0.416 e. The van der Waals surface area contributed by atoms with Gasteiger partial charge in [0.15, 0.2) is 0 Å². The average Bonchev–Trinajstić information content (AvgIpc) is 2.80. The number of fused-ring (bicyclic) bond motifs is 1. The zero-order valence-corrected chi connectivity index (χ0v) is 9.95. The molecule has 3 rings (SSSR count). The molecular weight excluding hydrogens is 271 g/mol. The smallest absolute Gasteiger partial charge is 0.338 e. The summed E-state index contributed by atoms with van der Waals surface area (Å²) in [5, 5.41) is 0. The molecule has 4 nitrogen and oxygen atoms in total. The Morgan fingerprint density at radius 2 is 1.95 bits per heavy atom. The van der Waals surface area contributed by atoms with Gasteiger partial charge in [0, 0.05) is 6.20 Å². The lowest BCUT2D eigenvalue weighted by atomic mass is 10.2. The molecule has 0 atom stereocenters. The van der Waals surface area contributed by atoms with E-state index in [0.717, 1.165) is 12.1 Å². The van der Waals surface area contributed by atoms with E-state index in [4.69, 9.17) is 0 Å². The van der Waals surface area contributed by atoms with Crippen LogP contribution in [-0.4, -0.2) is 15.0 Å². The number of imidazole rings is 1. The van der Waals surface area contributed by atoms with Crippen LogP contribution in [0.2, 0.25) is 0 Å². The van der Waals surface area contributed by atoms with Crippen molar-refractivity contribution in [2.24, 2.45) is 0 Å². The van der Waals surface area contributed by atoms with Gasteiger partial charge in [0.1, 0.15) is 5.82 Å². The summed E-state index contributed by atoms with van der Waals surface area (Å²) in [6.45, 7) is 0. The fourth-order valence-corrected chi connectivity index (χ4v) is 1.92. The first-order chi connectivity index (χ1) is 9.45. The second-order valence-corrected chi connectivity index (χ2v) is 4.23. The van der Waals surface area contributed by atoms with Crippen LogP contribution in [0.15, 0.2) is 41.3 Å². The van der Waals surface area contributed by atoms with Crippen LogP contribution in [0.1, 0.15) is 5.56 Å². The van der Waals surface area contributed by atoms with Gasteiger partial charge in [0.25, 0.3) is 5.56 Å². The molecule has 0 saturated heterocycles. The van der Waals surface area contributed by atoms with Crippen LogP contribution in [0.3, 0.4) is 0 Å². The molecule has 0 aliphatic rings. The lowest BCUT2D eigenvalue weighted by Crippen LogP contribution is -2.07. The van der Waals surface area contributed by atoms with E-state index in [0.29, 0.717) is 5.52 Å². The molecule has 0 saturated carbocycles. The molecule has 0 unspecified atom stereocenters. The molecule has 0 amide bonds. The van der Waals surface area contributed by atoms with Crippen LogP contribution in [0.5, 0.6) is 0 Å². The van der Waals surface area contributed by atoms with E-state index in [-0.39, 0.29) is 22.5 Å². The molecule has 0 fully saturated rings. The van der Waals surface area contributed by atoms with E-state index in [1.54, 1.807) is 12.1 Å². The predicted molar refractivity (Wildman–Crippen MR) is 67.2 cm³/mol. The lowest BCUT2D eigenvalue weighted by Gasteiger charge is -2.05. The van der Waals surface area contributed by atoms with Gasteiger partial charge in [-0.25, -0.2) is 4.98 Å². The first kappa shape index (κ1) is 12.5. The minimum absolute atomic E-state index is 0.234. The molecular formula is C13H8F3N3O. The van der Waals surface area contributed by atoms with Crippen molar-refractivity contribution in [3.05, 3.63) is 52.4 Å². The minimum atomic E-state index is -4.41. The molecule has 1 aromatic carbocycles. The fourth-order valence-electron chi connectivity index (χ4n) is 1.92. The van der Waals surface area contributed by atoms with Gasteiger partial charge in [-0.2, -0.15) is 13.2 Å². The number of pyridine rings is 1. The Morgan fingerprint density at radius 3 is 2.65 bits per heavy atom. The third-order valence-electron chi connectivity index (χ3n) is 2.88. The molecule has 0 aliphatic heterocycles. The van der Waals surface area contributed by atoms with Crippen molar-refractivity contribution in [1.82, 2.24) is 15.0 Å². The van der Waals surface area contributed by atoms with Crippen molar-refractivity contribution in [2.45, 2.75) is 6.18 Å². The zero-order chi connectivity index (χ0) is 14.3. The second-order valence-electron chi connectivity index (χ2n) is 4.23. The van der Waals surface area contributed by atoms with Crippen molar-refractivity contribution in [3.8, 4) is 11.4 Å². The largest absolute Gasteiger partial charge is 0.416 e. The standard InChI is InChI=1S/C13H8F3N3O/c14-13(15,16)7-3-4-9-10(6-7)19-11(18-9)8-2-1-5-17-12(8)20/h1-6H,(H,17,20)(H,18,19). The van der Waals surface area contributed by atoms with E-state index >= 15 is 0 Å². The van der Waals surface area contributed by atoms with Gasteiger partial charge in [-0.15, -0.1) is 0 Å². The molecule has 2 aromatic heterocycles. The Bertz CT molecular complexity index is 832. The topological polar surface area (TPSA) is 61.5 Å². The molecule has 0 aliphatic carbocycles. The first-order valence-electron chi connectivity index (χ1n) is 5.70. The summed E-state index contributed by atoms with van der Waals surface area (Å²) < 4.78 is 37.9.